The van der Waals surface area contributed by atoms with E-state index in [1.54, 1.807) is 0 Å². The molecule has 5 heteroatoms. The smallest absolute Gasteiger partial charge is 0.191 e. The van der Waals surface area contributed by atoms with Crippen molar-refractivity contribution in [2.24, 2.45) is 4.99 Å². The molecule has 0 aliphatic rings. The molecule has 1 rings (SSSR count). The average molecular weight is 323 g/mol. The highest BCUT2D eigenvalue weighted by atomic mass is 32.2. The van der Waals surface area contributed by atoms with Gasteiger partial charge < -0.3 is 15.5 Å². The van der Waals surface area contributed by atoms with Crippen LogP contribution in [0.2, 0.25) is 0 Å². The van der Waals surface area contributed by atoms with Gasteiger partial charge in [0.1, 0.15) is 0 Å². The Morgan fingerprint density at radius 2 is 1.73 bits per heavy atom. The maximum absolute atomic E-state index is 4.28. The predicted molar refractivity (Wildman–Crippen MR) is 99.6 cm³/mol. The summed E-state index contributed by atoms with van der Waals surface area (Å²) in [6.07, 6.45) is 2.13. The number of nitrogens with one attached hydrogen (secondary N) is 2. The second-order valence-electron chi connectivity index (χ2n) is 6.30. The van der Waals surface area contributed by atoms with E-state index < -0.39 is 0 Å². The van der Waals surface area contributed by atoms with Crippen LogP contribution in [0.15, 0.2) is 29.3 Å². The van der Waals surface area contributed by atoms with E-state index in [0.29, 0.717) is 0 Å². The molecule has 0 spiro atoms. The van der Waals surface area contributed by atoms with E-state index in [2.05, 4.69) is 79.0 Å². The van der Waals surface area contributed by atoms with Crippen LogP contribution in [0.3, 0.4) is 0 Å². The molecule has 124 valence electrons. The zero-order valence-corrected chi connectivity index (χ0v) is 15.5. The van der Waals surface area contributed by atoms with E-state index in [4.69, 9.17) is 0 Å². The lowest BCUT2D eigenvalue weighted by atomic mass is 10.1. The van der Waals surface area contributed by atoms with Crippen LogP contribution in [0, 0.1) is 0 Å². The lowest BCUT2D eigenvalue weighted by molar-refractivity contribution is 0.402. The first-order valence-corrected chi connectivity index (χ1v) is 8.81. The van der Waals surface area contributed by atoms with Crippen LogP contribution in [0.5, 0.6) is 0 Å². The molecule has 0 heterocycles. The van der Waals surface area contributed by atoms with Gasteiger partial charge in [-0.25, -0.2) is 0 Å². The van der Waals surface area contributed by atoms with Crippen molar-refractivity contribution in [1.29, 1.82) is 0 Å². The molecule has 0 fully saturated rings. The van der Waals surface area contributed by atoms with Gasteiger partial charge in [0.15, 0.2) is 5.96 Å². The van der Waals surface area contributed by atoms with Gasteiger partial charge in [0.2, 0.25) is 0 Å². The van der Waals surface area contributed by atoms with Crippen molar-refractivity contribution >= 4 is 17.7 Å². The molecule has 0 bridgehead atoms. The Morgan fingerprint density at radius 3 is 2.23 bits per heavy atom. The number of guanidine groups is 1. The number of nitrogens with zero attached hydrogens (tertiary/aromatic N) is 2. The first kappa shape index (κ1) is 18.8. The number of rotatable bonds is 7. The summed E-state index contributed by atoms with van der Waals surface area (Å²) in [5, 5.41) is 6.74. The Kier molecular flexibility index (Phi) is 7.76. The number of benzene rings is 1. The molecule has 0 atom stereocenters. The fourth-order valence-electron chi connectivity index (χ4n) is 1.90. The Bertz CT molecular complexity index is 466. The fraction of sp³-hybridized carbons (Fsp3) is 0.588. The van der Waals surface area contributed by atoms with Crippen LogP contribution in [0.1, 0.15) is 25.0 Å². The largest absolute Gasteiger partial charge is 0.355 e. The highest BCUT2D eigenvalue weighted by Gasteiger charge is 2.15. The molecule has 0 unspecified atom stereocenters. The van der Waals surface area contributed by atoms with Gasteiger partial charge in [-0.2, -0.15) is 11.8 Å². The summed E-state index contributed by atoms with van der Waals surface area (Å²) in [5.41, 5.74) is 2.59. The second-order valence-corrected chi connectivity index (χ2v) is 7.81. The molecule has 4 nitrogen and oxygen atoms in total. The standard InChI is InChI=1S/C17H30N4S/c1-17(2,22-6)13-20-16(18-3)19-11-14-7-9-15(10-8-14)12-21(4)5/h7-10H,11-13H2,1-6H3,(H2,18,19,20). The highest BCUT2D eigenvalue weighted by Crippen LogP contribution is 2.19. The lowest BCUT2D eigenvalue weighted by Gasteiger charge is -2.23. The van der Waals surface area contributed by atoms with Crippen LogP contribution in [-0.2, 0) is 13.1 Å². The van der Waals surface area contributed by atoms with Crippen LogP contribution in [0.4, 0.5) is 0 Å². The van der Waals surface area contributed by atoms with Crippen LogP contribution in [0.25, 0.3) is 0 Å². The highest BCUT2D eigenvalue weighted by molar-refractivity contribution is 7.99. The molecule has 0 aliphatic heterocycles. The fourth-order valence-corrected chi connectivity index (χ4v) is 2.12. The van der Waals surface area contributed by atoms with Gasteiger partial charge in [-0.3, -0.25) is 4.99 Å². The molecule has 22 heavy (non-hydrogen) atoms. The first-order valence-electron chi connectivity index (χ1n) is 7.58. The number of hydrogen-bond donors (Lipinski definition) is 2. The summed E-state index contributed by atoms with van der Waals surface area (Å²) in [6.45, 7) is 7.08. The summed E-state index contributed by atoms with van der Waals surface area (Å²) in [4.78, 5) is 6.45. The Balaban J connectivity index is 2.46. The van der Waals surface area contributed by atoms with Crippen molar-refractivity contribution in [2.45, 2.75) is 31.7 Å². The van der Waals surface area contributed by atoms with Gasteiger partial charge in [-0.05, 0) is 45.3 Å². The van der Waals surface area contributed by atoms with Gasteiger partial charge in [-0.15, -0.1) is 0 Å². The first-order chi connectivity index (χ1) is 10.4. The molecule has 0 aliphatic carbocycles. The van der Waals surface area contributed by atoms with Gasteiger partial charge >= 0.3 is 0 Å². The topological polar surface area (TPSA) is 39.7 Å². The number of hydrogen-bond acceptors (Lipinski definition) is 3. The van der Waals surface area contributed by atoms with Gasteiger partial charge in [0.05, 0.1) is 0 Å². The third-order valence-corrected chi connectivity index (χ3v) is 4.69. The van der Waals surface area contributed by atoms with Crippen LogP contribution < -0.4 is 10.6 Å². The number of aliphatic imine (C=N–C) groups is 1. The third-order valence-electron chi connectivity index (χ3n) is 3.44. The van der Waals surface area contributed by atoms with Gasteiger partial charge in [0, 0.05) is 31.4 Å². The SMILES string of the molecule is CN=C(NCc1ccc(CN(C)C)cc1)NCC(C)(C)SC. The van der Waals surface area contributed by atoms with Crippen molar-refractivity contribution in [1.82, 2.24) is 15.5 Å². The van der Waals surface area contributed by atoms with Crippen LogP contribution >= 0.6 is 11.8 Å². The molecule has 1 aromatic rings. The maximum atomic E-state index is 4.28. The minimum atomic E-state index is 0.200. The van der Waals surface area contributed by atoms with E-state index in [1.165, 1.54) is 11.1 Å². The predicted octanol–water partition coefficient (Wildman–Crippen LogP) is 2.55. The van der Waals surface area contributed by atoms with Crippen LogP contribution in [-0.4, -0.2) is 49.6 Å². The minimum absolute atomic E-state index is 0.200. The molecule has 0 saturated heterocycles. The third kappa shape index (κ3) is 7.18. The van der Waals surface area contributed by atoms with Crippen molar-refractivity contribution in [3.63, 3.8) is 0 Å². The molecule has 0 amide bonds. The minimum Gasteiger partial charge on any atom is -0.355 e. The zero-order valence-electron chi connectivity index (χ0n) is 14.7. The summed E-state index contributed by atoms with van der Waals surface area (Å²) in [6, 6.07) is 8.71. The normalized spacial score (nSPS) is 12.6. The Hall–Kier alpha value is -1.20. The van der Waals surface area contributed by atoms with Crippen molar-refractivity contribution in [3.8, 4) is 0 Å². The van der Waals surface area contributed by atoms with Crippen molar-refractivity contribution in [2.75, 3.05) is 33.9 Å². The summed E-state index contributed by atoms with van der Waals surface area (Å²) in [7, 11) is 5.98. The van der Waals surface area contributed by atoms with E-state index in [0.717, 1.165) is 25.6 Å². The summed E-state index contributed by atoms with van der Waals surface area (Å²) < 4.78 is 0.200. The molecule has 0 saturated carbocycles. The van der Waals surface area contributed by atoms with Gasteiger partial charge in [0.25, 0.3) is 0 Å². The monoisotopic (exact) mass is 322 g/mol. The molecular weight excluding hydrogens is 292 g/mol. The van der Waals surface area contributed by atoms with E-state index in [9.17, 15) is 0 Å². The summed E-state index contributed by atoms with van der Waals surface area (Å²) in [5.74, 6) is 0.847. The molecule has 2 N–H and O–H groups in total. The quantitative estimate of drug-likeness (QED) is 0.598. The van der Waals surface area contributed by atoms with E-state index in [1.807, 2.05) is 18.8 Å². The van der Waals surface area contributed by atoms with Crippen molar-refractivity contribution in [3.05, 3.63) is 35.4 Å². The van der Waals surface area contributed by atoms with Crippen molar-refractivity contribution < 1.29 is 0 Å². The Morgan fingerprint density at radius 1 is 1.14 bits per heavy atom. The molecule has 1 aromatic carbocycles. The molecule has 0 radical (unpaired) electrons. The molecule has 0 aromatic heterocycles. The van der Waals surface area contributed by atoms with Gasteiger partial charge in [-0.1, -0.05) is 24.3 Å². The summed E-state index contributed by atoms with van der Waals surface area (Å²) >= 11 is 1.85. The maximum Gasteiger partial charge on any atom is 0.191 e. The zero-order chi connectivity index (χ0) is 16.6. The van der Waals surface area contributed by atoms with E-state index >= 15 is 0 Å². The average Bonchev–Trinajstić information content (AvgIpc) is 2.48. The number of thioether (sulfide) groups is 1. The lowest BCUT2D eigenvalue weighted by Crippen LogP contribution is -2.42. The molecular formula is C17H30N4S. The Labute approximate surface area is 139 Å². The van der Waals surface area contributed by atoms with E-state index in [-0.39, 0.29) is 4.75 Å². The second kappa shape index (κ2) is 9.06.